The van der Waals surface area contributed by atoms with E-state index in [1.807, 2.05) is 0 Å². The van der Waals surface area contributed by atoms with Crippen LogP contribution in [0.4, 0.5) is 0 Å². The Morgan fingerprint density at radius 2 is 0.843 bits per heavy atom. The molecule has 0 rings (SSSR count). The third kappa shape index (κ3) is 38.5. The van der Waals surface area contributed by atoms with Crippen LogP contribution in [0.1, 0.15) is 219 Å². The summed E-state index contributed by atoms with van der Waals surface area (Å²) in [5.74, 6) is -0.814. The quantitative estimate of drug-likeness (QED) is 0.0356. The number of carbonyl (C=O) groups excluding carboxylic acids is 2. The molecule has 0 saturated carbocycles. The zero-order valence-electron chi connectivity index (χ0n) is 33.4. The van der Waals surface area contributed by atoms with E-state index in [0.717, 1.165) is 32.1 Å². The van der Waals surface area contributed by atoms with E-state index in [-0.39, 0.29) is 38.6 Å². The number of phosphoric ester groups is 1. The van der Waals surface area contributed by atoms with Gasteiger partial charge in [-0.25, -0.2) is 4.57 Å². The van der Waals surface area contributed by atoms with E-state index in [2.05, 4.69) is 13.8 Å². The lowest BCUT2D eigenvalue weighted by Gasteiger charge is -2.19. The second-order valence-electron chi connectivity index (χ2n) is 14.6. The Kier molecular flexibility index (Phi) is 38.0. The Bertz CT molecular complexity index is 815. The van der Waals surface area contributed by atoms with E-state index >= 15 is 0 Å². The molecule has 10 heteroatoms. The van der Waals surface area contributed by atoms with Gasteiger partial charge in [0.2, 0.25) is 0 Å². The molecule has 0 bridgehead atoms. The summed E-state index contributed by atoms with van der Waals surface area (Å²) < 4.78 is 32.7. The van der Waals surface area contributed by atoms with Crippen molar-refractivity contribution in [2.24, 2.45) is 5.73 Å². The predicted octanol–water partition coefficient (Wildman–Crippen LogP) is 12.1. The predicted molar refractivity (Wildman–Crippen MR) is 211 cm³/mol. The number of hydrogen-bond donors (Lipinski definition) is 2. The van der Waals surface area contributed by atoms with Crippen LogP contribution < -0.4 is 5.73 Å². The number of esters is 2. The standard InChI is InChI=1S/C41H82NO8P/c1-3-5-7-9-11-13-15-17-18-19-20-21-22-24-25-27-29-31-33-40(43)47-37-39(38-49-51(45,46)48-36-35-42)50-41(44)34-32-30-28-26-23-16-14-12-10-8-6-4-2/h39H,3-38,42H2,1-2H3,(H,45,46)/t39-/m0/s1. The average Bonchev–Trinajstić information content (AvgIpc) is 3.11. The molecule has 0 radical (unpaired) electrons. The van der Waals surface area contributed by atoms with Crippen molar-refractivity contribution in [1.82, 2.24) is 0 Å². The maximum Gasteiger partial charge on any atom is 0.472 e. The third-order valence-electron chi connectivity index (χ3n) is 9.49. The summed E-state index contributed by atoms with van der Waals surface area (Å²) in [7, 11) is -4.36. The normalized spacial score (nSPS) is 13.3. The SMILES string of the molecule is CCCCCCCCCCCCCCCCCCCCC(=O)OC[C@@H](COP(=O)(O)OCCN)OC(=O)CCCCCCCCCCCCCC. The fourth-order valence-corrected chi connectivity index (χ4v) is 7.05. The maximum atomic E-state index is 12.5. The first kappa shape index (κ1) is 50.0. The van der Waals surface area contributed by atoms with Crippen LogP contribution in [-0.4, -0.2) is 49.3 Å². The Morgan fingerprint density at radius 1 is 0.510 bits per heavy atom. The minimum Gasteiger partial charge on any atom is -0.462 e. The molecule has 0 amide bonds. The number of ether oxygens (including phenoxy) is 2. The first-order chi connectivity index (χ1) is 24.8. The molecular weight excluding hydrogens is 665 g/mol. The van der Waals surface area contributed by atoms with E-state index in [4.69, 9.17) is 24.3 Å². The van der Waals surface area contributed by atoms with Crippen LogP contribution in [0.15, 0.2) is 0 Å². The number of phosphoric acid groups is 1. The van der Waals surface area contributed by atoms with Crippen molar-refractivity contribution >= 4 is 19.8 Å². The Morgan fingerprint density at radius 3 is 1.20 bits per heavy atom. The number of hydrogen-bond acceptors (Lipinski definition) is 8. The largest absolute Gasteiger partial charge is 0.472 e. The minimum atomic E-state index is -4.36. The molecule has 2 atom stereocenters. The highest BCUT2D eigenvalue weighted by molar-refractivity contribution is 7.47. The van der Waals surface area contributed by atoms with Crippen molar-refractivity contribution in [1.29, 1.82) is 0 Å². The van der Waals surface area contributed by atoms with Gasteiger partial charge in [-0.15, -0.1) is 0 Å². The molecule has 0 spiro atoms. The van der Waals surface area contributed by atoms with E-state index in [9.17, 15) is 19.0 Å². The first-order valence-corrected chi connectivity index (χ1v) is 23.0. The molecular formula is C41H82NO8P. The zero-order valence-corrected chi connectivity index (χ0v) is 34.3. The molecule has 0 aromatic heterocycles. The van der Waals surface area contributed by atoms with Gasteiger partial charge >= 0.3 is 19.8 Å². The summed E-state index contributed by atoms with van der Waals surface area (Å²) in [5.41, 5.74) is 5.34. The highest BCUT2D eigenvalue weighted by atomic mass is 31.2. The molecule has 0 saturated heterocycles. The third-order valence-corrected chi connectivity index (χ3v) is 10.5. The Hall–Kier alpha value is -0.990. The number of unbranched alkanes of at least 4 members (excludes halogenated alkanes) is 28. The van der Waals surface area contributed by atoms with E-state index < -0.39 is 26.5 Å². The summed E-state index contributed by atoms with van der Waals surface area (Å²) in [4.78, 5) is 34.8. The summed E-state index contributed by atoms with van der Waals surface area (Å²) in [5, 5.41) is 0. The second kappa shape index (κ2) is 38.7. The van der Waals surface area contributed by atoms with Crippen molar-refractivity contribution in [2.75, 3.05) is 26.4 Å². The number of nitrogens with two attached hydrogens (primary N) is 1. The van der Waals surface area contributed by atoms with Crippen LogP contribution in [-0.2, 0) is 32.7 Å². The van der Waals surface area contributed by atoms with Gasteiger partial charge in [0, 0.05) is 19.4 Å². The lowest BCUT2D eigenvalue weighted by Crippen LogP contribution is -2.29. The molecule has 1 unspecified atom stereocenters. The van der Waals surface area contributed by atoms with Gasteiger partial charge in [-0.2, -0.15) is 0 Å². The van der Waals surface area contributed by atoms with Gasteiger partial charge in [0.05, 0.1) is 13.2 Å². The molecule has 304 valence electrons. The fraction of sp³-hybridized carbons (Fsp3) is 0.951. The number of carbonyl (C=O) groups is 2. The van der Waals surface area contributed by atoms with Gasteiger partial charge in [-0.1, -0.05) is 194 Å². The average molecular weight is 748 g/mol. The van der Waals surface area contributed by atoms with Crippen molar-refractivity contribution in [2.45, 2.75) is 225 Å². The molecule has 0 aliphatic heterocycles. The molecule has 0 heterocycles. The van der Waals surface area contributed by atoms with Gasteiger partial charge < -0.3 is 20.1 Å². The van der Waals surface area contributed by atoms with Crippen LogP contribution in [0.2, 0.25) is 0 Å². The van der Waals surface area contributed by atoms with Crippen LogP contribution in [0.5, 0.6) is 0 Å². The molecule has 9 nitrogen and oxygen atoms in total. The van der Waals surface area contributed by atoms with Crippen LogP contribution in [0.3, 0.4) is 0 Å². The van der Waals surface area contributed by atoms with Gasteiger partial charge in [-0.3, -0.25) is 18.6 Å². The van der Waals surface area contributed by atoms with Gasteiger partial charge in [0.15, 0.2) is 6.10 Å². The van der Waals surface area contributed by atoms with Gasteiger partial charge in [0.1, 0.15) is 6.61 Å². The monoisotopic (exact) mass is 748 g/mol. The highest BCUT2D eigenvalue weighted by Gasteiger charge is 2.26. The van der Waals surface area contributed by atoms with Crippen molar-refractivity contribution in [3.05, 3.63) is 0 Å². The van der Waals surface area contributed by atoms with Crippen molar-refractivity contribution in [3.8, 4) is 0 Å². The molecule has 0 aromatic rings. The minimum absolute atomic E-state index is 0.0580. The van der Waals surface area contributed by atoms with Gasteiger partial charge in [-0.05, 0) is 12.8 Å². The van der Waals surface area contributed by atoms with Crippen LogP contribution in [0.25, 0.3) is 0 Å². The van der Waals surface area contributed by atoms with Crippen LogP contribution in [0, 0.1) is 0 Å². The molecule has 51 heavy (non-hydrogen) atoms. The highest BCUT2D eigenvalue weighted by Crippen LogP contribution is 2.43. The Labute approximate surface area is 314 Å². The van der Waals surface area contributed by atoms with Gasteiger partial charge in [0.25, 0.3) is 0 Å². The second-order valence-corrected chi connectivity index (χ2v) is 16.0. The van der Waals surface area contributed by atoms with E-state index in [1.165, 1.54) is 154 Å². The molecule has 3 N–H and O–H groups in total. The summed E-state index contributed by atoms with van der Waals surface area (Å²) in [6.45, 7) is 3.76. The lowest BCUT2D eigenvalue weighted by atomic mass is 10.0. The summed E-state index contributed by atoms with van der Waals surface area (Å²) >= 11 is 0. The molecule has 0 aromatic carbocycles. The molecule has 0 aliphatic carbocycles. The smallest absolute Gasteiger partial charge is 0.462 e. The summed E-state index contributed by atoms with van der Waals surface area (Å²) in [6, 6.07) is 0. The molecule has 0 aliphatic rings. The number of rotatable bonds is 41. The molecule has 0 fully saturated rings. The zero-order chi connectivity index (χ0) is 37.5. The fourth-order valence-electron chi connectivity index (χ4n) is 6.28. The maximum absolute atomic E-state index is 12.5. The van der Waals surface area contributed by atoms with E-state index in [0.29, 0.717) is 6.42 Å². The topological polar surface area (TPSA) is 134 Å². The first-order valence-electron chi connectivity index (χ1n) is 21.5. The summed E-state index contributed by atoms with van der Waals surface area (Å²) in [6.07, 6.45) is 37.0. The lowest BCUT2D eigenvalue weighted by molar-refractivity contribution is -0.161. The van der Waals surface area contributed by atoms with E-state index in [1.54, 1.807) is 0 Å². The van der Waals surface area contributed by atoms with Crippen LogP contribution >= 0.6 is 7.82 Å². The Balaban J connectivity index is 4.07. The van der Waals surface area contributed by atoms with Crippen molar-refractivity contribution < 1.29 is 37.6 Å². The van der Waals surface area contributed by atoms with Crippen molar-refractivity contribution in [3.63, 3.8) is 0 Å².